The van der Waals surface area contributed by atoms with Crippen LogP contribution in [0.1, 0.15) is 5.69 Å². The second kappa shape index (κ2) is 4.06. The Bertz CT molecular complexity index is 1140. The first-order valence-electron chi connectivity index (χ1n) is 6.63. The average Bonchev–Trinajstić information content (AvgIpc) is 2.45. The number of pyridine rings is 1. The lowest BCUT2D eigenvalue weighted by Gasteiger charge is -2.07. The molecule has 21 heavy (non-hydrogen) atoms. The van der Waals surface area contributed by atoms with E-state index in [1.165, 1.54) is 6.07 Å². The van der Waals surface area contributed by atoms with Gasteiger partial charge >= 0.3 is 5.63 Å². The van der Waals surface area contributed by atoms with Crippen molar-refractivity contribution < 1.29 is 4.42 Å². The van der Waals surface area contributed by atoms with Crippen molar-refractivity contribution in [3.05, 3.63) is 68.8 Å². The molecular weight excluding hydrogens is 266 g/mol. The lowest BCUT2D eigenvalue weighted by molar-refractivity contribution is 0.569. The van der Waals surface area contributed by atoms with Crippen LogP contribution in [0.2, 0.25) is 0 Å². The third-order valence-electron chi connectivity index (χ3n) is 3.71. The summed E-state index contributed by atoms with van der Waals surface area (Å²) >= 11 is 0. The van der Waals surface area contributed by atoms with Gasteiger partial charge in [0.1, 0.15) is 11.0 Å². The Hall–Kier alpha value is -2.88. The number of fused-ring (bicyclic) bond motifs is 5. The van der Waals surface area contributed by atoms with E-state index in [9.17, 15) is 9.59 Å². The van der Waals surface area contributed by atoms with Crippen LogP contribution in [0.3, 0.4) is 0 Å². The van der Waals surface area contributed by atoms with Gasteiger partial charge < -0.3 is 9.40 Å². The summed E-state index contributed by atoms with van der Waals surface area (Å²) in [5.41, 5.74) is 0.821. The smallest absolute Gasteiger partial charge is 0.349 e. The predicted octanol–water partition coefficient (Wildman–Crippen LogP) is 3.10. The van der Waals surface area contributed by atoms with E-state index in [4.69, 9.17) is 4.42 Å². The van der Waals surface area contributed by atoms with E-state index in [-0.39, 0.29) is 10.8 Å². The minimum absolute atomic E-state index is 0.0736. The number of nitrogens with one attached hydrogen (secondary N) is 1. The molecule has 0 fully saturated rings. The standard InChI is InChI=1S/C17H11NO3/c1-9-8-12(19)15-16(18-9)14-11-5-3-2-4-10(11)6-7-13(14)21-17(15)20/h2-8H,1H3,(H,18,19). The second-order valence-corrected chi connectivity index (χ2v) is 5.12. The molecule has 0 atom stereocenters. The maximum atomic E-state index is 12.1. The summed E-state index contributed by atoms with van der Waals surface area (Å²) in [5.74, 6) is 0. The average molecular weight is 277 g/mol. The molecule has 0 saturated carbocycles. The van der Waals surface area contributed by atoms with E-state index >= 15 is 0 Å². The summed E-state index contributed by atoms with van der Waals surface area (Å²) in [7, 11) is 0. The van der Waals surface area contributed by atoms with Crippen molar-refractivity contribution in [1.82, 2.24) is 4.98 Å². The summed E-state index contributed by atoms with van der Waals surface area (Å²) in [4.78, 5) is 27.3. The molecule has 0 spiro atoms. The van der Waals surface area contributed by atoms with E-state index in [0.717, 1.165) is 16.2 Å². The number of hydrogen-bond acceptors (Lipinski definition) is 3. The Morgan fingerprint density at radius 1 is 1.00 bits per heavy atom. The summed E-state index contributed by atoms with van der Waals surface area (Å²) in [6, 6.07) is 12.9. The van der Waals surface area contributed by atoms with Crippen LogP contribution in [0.5, 0.6) is 0 Å². The van der Waals surface area contributed by atoms with Crippen molar-refractivity contribution in [1.29, 1.82) is 0 Å². The molecule has 0 bridgehead atoms. The van der Waals surface area contributed by atoms with Gasteiger partial charge in [0.05, 0.1) is 5.52 Å². The van der Waals surface area contributed by atoms with Gasteiger partial charge in [0, 0.05) is 17.1 Å². The number of aromatic amines is 1. The van der Waals surface area contributed by atoms with E-state index in [1.54, 1.807) is 13.0 Å². The lowest BCUT2D eigenvalue weighted by atomic mass is 10.0. The van der Waals surface area contributed by atoms with Crippen LogP contribution < -0.4 is 11.1 Å². The van der Waals surface area contributed by atoms with Crippen LogP contribution in [-0.2, 0) is 0 Å². The molecule has 0 unspecified atom stereocenters. The Kier molecular flexibility index (Phi) is 2.30. The molecule has 0 amide bonds. The van der Waals surface area contributed by atoms with Gasteiger partial charge in [-0.3, -0.25) is 4.79 Å². The molecule has 4 aromatic rings. The largest absolute Gasteiger partial charge is 0.422 e. The molecule has 4 nitrogen and oxygen atoms in total. The van der Waals surface area contributed by atoms with Crippen molar-refractivity contribution in [3.63, 3.8) is 0 Å². The molecular formula is C17H11NO3. The number of benzene rings is 2. The molecule has 1 N–H and O–H groups in total. The maximum Gasteiger partial charge on any atom is 0.349 e. The maximum absolute atomic E-state index is 12.1. The lowest BCUT2D eigenvalue weighted by Crippen LogP contribution is -2.14. The third kappa shape index (κ3) is 1.62. The fourth-order valence-corrected chi connectivity index (χ4v) is 2.82. The Morgan fingerprint density at radius 2 is 1.81 bits per heavy atom. The number of rotatable bonds is 0. The highest BCUT2D eigenvalue weighted by atomic mass is 16.4. The van der Waals surface area contributed by atoms with Gasteiger partial charge in [-0.1, -0.05) is 30.3 Å². The highest BCUT2D eigenvalue weighted by Crippen LogP contribution is 2.28. The van der Waals surface area contributed by atoms with Gasteiger partial charge in [0.15, 0.2) is 5.43 Å². The highest BCUT2D eigenvalue weighted by molar-refractivity contribution is 6.16. The van der Waals surface area contributed by atoms with E-state index in [2.05, 4.69) is 4.98 Å². The van der Waals surface area contributed by atoms with Gasteiger partial charge in [0.25, 0.3) is 0 Å². The summed E-state index contributed by atoms with van der Waals surface area (Å²) in [6.45, 7) is 1.80. The molecule has 2 aromatic carbocycles. The molecule has 0 saturated heterocycles. The Labute approximate surface area is 118 Å². The topological polar surface area (TPSA) is 63.1 Å². The first-order valence-corrected chi connectivity index (χ1v) is 6.63. The molecule has 0 aliphatic carbocycles. The first kappa shape index (κ1) is 11.9. The second-order valence-electron chi connectivity index (χ2n) is 5.12. The Balaban J connectivity index is 2.46. The molecule has 4 rings (SSSR count). The third-order valence-corrected chi connectivity index (χ3v) is 3.71. The molecule has 4 heteroatoms. The van der Waals surface area contributed by atoms with E-state index in [0.29, 0.717) is 16.8 Å². The summed E-state index contributed by atoms with van der Waals surface area (Å²) < 4.78 is 5.33. The number of hydrogen-bond donors (Lipinski definition) is 1. The molecule has 102 valence electrons. The number of aryl methyl sites for hydroxylation is 1. The molecule has 0 radical (unpaired) electrons. The zero-order chi connectivity index (χ0) is 14.6. The van der Waals surface area contributed by atoms with Crippen molar-refractivity contribution in [2.45, 2.75) is 6.92 Å². The number of H-pyrrole nitrogens is 1. The SMILES string of the molecule is Cc1cc(=O)c2c(=O)oc3ccc4ccccc4c3c2[nH]1. The quantitative estimate of drug-likeness (QED) is 0.397. The van der Waals surface area contributed by atoms with Crippen molar-refractivity contribution in [2.24, 2.45) is 0 Å². The zero-order valence-electron chi connectivity index (χ0n) is 11.3. The van der Waals surface area contributed by atoms with Crippen molar-refractivity contribution in [2.75, 3.05) is 0 Å². The number of aromatic nitrogens is 1. The molecule has 0 aliphatic heterocycles. The molecule has 2 aromatic heterocycles. The highest BCUT2D eigenvalue weighted by Gasteiger charge is 2.13. The molecule has 0 aliphatic rings. The van der Waals surface area contributed by atoms with Crippen LogP contribution in [0.4, 0.5) is 0 Å². The van der Waals surface area contributed by atoms with Crippen LogP contribution in [0.15, 0.2) is 56.5 Å². The minimum Gasteiger partial charge on any atom is -0.422 e. The van der Waals surface area contributed by atoms with Gasteiger partial charge in [0.2, 0.25) is 0 Å². The molecule has 2 heterocycles. The van der Waals surface area contributed by atoms with Crippen molar-refractivity contribution in [3.8, 4) is 0 Å². The summed E-state index contributed by atoms with van der Waals surface area (Å²) in [6.07, 6.45) is 0. The van der Waals surface area contributed by atoms with Gasteiger partial charge in [-0.2, -0.15) is 0 Å². The van der Waals surface area contributed by atoms with E-state index < -0.39 is 5.63 Å². The van der Waals surface area contributed by atoms with Gasteiger partial charge in [-0.25, -0.2) is 4.79 Å². The van der Waals surface area contributed by atoms with Crippen LogP contribution >= 0.6 is 0 Å². The fourth-order valence-electron chi connectivity index (χ4n) is 2.82. The minimum atomic E-state index is -0.603. The van der Waals surface area contributed by atoms with E-state index in [1.807, 2.05) is 30.3 Å². The zero-order valence-corrected chi connectivity index (χ0v) is 11.3. The Morgan fingerprint density at radius 3 is 2.67 bits per heavy atom. The van der Waals surface area contributed by atoms with Crippen molar-refractivity contribution >= 4 is 32.6 Å². The van der Waals surface area contributed by atoms with Gasteiger partial charge in [-0.15, -0.1) is 0 Å². The summed E-state index contributed by atoms with van der Waals surface area (Å²) in [5, 5.41) is 2.82. The first-order chi connectivity index (χ1) is 10.1. The normalized spacial score (nSPS) is 11.5. The fraction of sp³-hybridized carbons (Fsp3) is 0.0588. The van der Waals surface area contributed by atoms with Crippen LogP contribution in [0, 0.1) is 6.92 Å². The monoisotopic (exact) mass is 277 g/mol. The van der Waals surface area contributed by atoms with Crippen LogP contribution in [-0.4, -0.2) is 4.98 Å². The van der Waals surface area contributed by atoms with Crippen LogP contribution in [0.25, 0.3) is 32.6 Å². The van der Waals surface area contributed by atoms with Gasteiger partial charge in [-0.05, 0) is 23.8 Å². The predicted molar refractivity (Wildman–Crippen MR) is 82.9 cm³/mol.